The van der Waals surface area contributed by atoms with E-state index in [2.05, 4.69) is 41.6 Å². The van der Waals surface area contributed by atoms with Crippen LogP contribution in [0.3, 0.4) is 0 Å². The molecule has 2 aromatic rings. The molecule has 0 aliphatic heterocycles. The number of aliphatic imine (C=N–C) groups is 1. The van der Waals surface area contributed by atoms with Crippen molar-refractivity contribution in [3.8, 4) is 6.07 Å². The van der Waals surface area contributed by atoms with Gasteiger partial charge in [0.25, 0.3) is 0 Å². The Hall–Kier alpha value is -2.14. The molecule has 2 atom stereocenters. The summed E-state index contributed by atoms with van der Waals surface area (Å²) < 4.78 is 13.9. The third kappa shape index (κ3) is 5.99. The van der Waals surface area contributed by atoms with Gasteiger partial charge in [0.15, 0.2) is 5.96 Å². The zero-order chi connectivity index (χ0) is 18.2. The van der Waals surface area contributed by atoms with Crippen LogP contribution in [-0.2, 0) is 6.54 Å². The Labute approximate surface area is 171 Å². The molecule has 4 nitrogen and oxygen atoms in total. The number of halogens is 2. The highest BCUT2D eigenvalue weighted by molar-refractivity contribution is 14.0. The van der Waals surface area contributed by atoms with Crippen LogP contribution in [0.1, 0.15) is 36.5 Å². The summed E-state index contributed by atoms with van der Waals surface area (Å²) in [7, 11) is 1.68. The Bertz CT molecular complexity index is 771. The normalized spacial score (nSPS) is 13.1. The van der Waals surface area contributed by atoms with E-state index in [-0.39, 0.29) is 42.4 Å². The maximum Gasteiger partial charge on any atom is 0.191 e. The van der Waals surface area contributed by atoms with E-state index in [4.69, 9.17) is 5.26 Å². The van der Waals surface area contributed by atoms with Crippen molar-refractivity contribution in [3.63, 3.8) is 0 Å². The average Bonchev–Trinajstić information content (AvgIpc) is 2.66. The lowest BCUT2D eigenvalue weighted by atomic mass is 9.94. The summed E-state index contributed by atoms with van der Waals surface area (Å²) in [5, 5.41) is 15.4. The van der Waals surface area contributed by atoms with Crippen molar-refractivity contribution in [1.29, 1.82) is 5.26 Å². The van der Waals surface area contributed by atoms with Gasteiger partial charge in [0, 0.05) is 31.1 Å². The Balaban J connectivity index is 0.00000338. The standard InChI is InChI=1S/C20H23FN4.HI/c1-14(17-7-5-4-6-8-17)15(2)25-20(23-3)24-13-18-11-16(12-22)9-10-19(18)21;/h4-11,14-15H,13H2,1-3H3,(H2,23,24,25);1H. The Morgan fingerprint density at radius 2 is 1.88 bits per heavy atom. The van der Waals surface area contributed by atoms with Gasteiger partial charge in [-0.25, -0.2) is 4.39 Å². The minimum atomic E-state index is -0.340. The number of nitrogens with zero attached hydrogens (tertiary/aromatic N) is 2. The molecule has 138 valence electrons. The van der Waals surface area contributed by atoms with Gasteiger partial charge in [-0.1, -0.05) is 37.3 Å². The van der Waals surface area contributed by atoms with Crippen molar-refractivity contribution in [3.05, 3.63) is 71.0 Å². The molecule has 2 N–H and O–H groups in total. The summed E-state index contributed by atoms with van der Waals surface area (Å²) in [6, 6.07) is 16.7. The minimum Gasteiger partial charge on any atom is -0.353 e. The number of nitriles is 1. The van der Waals surface area contributed by atoms with Crippen LogP contribution in [0.25, 0.3) is 0 Å². The van der Waals surface area contributed by atoms with E-state index in [1.807, 2.05) is 24.3 Å². The Kier molecular flexibility index (Phi) is 9.07. The van der Waals surface area contributed by atoms with Crippen molar-refractivity contribution < 1.29 is 4.39 Å². The highest BCUT2D eigenvalue weighted by atomic mass is 127. The van der Waals surface area contributed by atoms with Crippen LogP contribution in [0.5, 0.6) is 0 Å². The fraction of sp³-hybridized carbons (Fsp3) is 0.300. The summed E-state index contributed by atoms with van der Waals surface area (Å²) in [6.45, 7) is 4.49. The molecule has 0 saturated heterocycles. The van der Waals surface area contributed by atoms with Crippen LogP contribution >= 0.6 is 24.0 Å². The number of rotatable bonds is 5. The van der Waals surface area contributed by atoms with Crippen LogP contribution < -0.4 is 10.6 Å². The number of nitrogens with one attached hydrogen (secondary N) is 2. The molecule has 0 fully saturated rings. The first kappa shape index (κ1) is 21.9. The van der Waals surface area contributed by atoms with Crippen LogP contribution in [0.15, 0.2) is 53.5 Å². The van der Waals surface area contributed by atoms with Crippen molar-refractivity contribution in [2.45, 2.75) is 32.4 Å². The Morgan fingerprint density at radius 3 is 2.50 bits per heavy atom. The highest BCUT2D eigenvalue weighted by Gasteiger charge is 2.15. The van der Waals surface area contributed by atoms with Gasteiger partial charge in [0.1, 0.15) is 5.82 Å². The van der Waals surface area contributed by atoms with Crippen molar-refractivity contribution in [1.82, 2.24) is 10.6 Å². The van der Waals surface area contributed by atoms with Crippen LogP contribution in [0.4, 0.5) is 4.39 Å². The zero-order valence-electron chi connectivity index (χ0n) is 15.2. The van der Waals surface area contributed by atoms with Crippen molar-refractivity contribution >= 4 is 29.9 Å². The van der Waals surface area contributed by atoms with Gasteiger partial charge >= 0.3 is 0 Å². The summed E-state index contributed by atoms with van der Waals surface area (Å²) in [4.78, 5) is 4.20. The molecular weight excluding hydrogens is 442 g/mol. The molecule has 2 aromatic carbocycles. The third-order valence-corrected chi connectivity index (χ3v) is 4.28. The molecule has 2 unspecified atom stereocenters. The lowest BCUT2D eigenvalue weighted by Gasteiger charge is -2.24. The number of hydrogen-bond acceptors (Lipinski definition) is 2. The van der Waals surface area contributed by atoms with Gasteiger partial charge < -0.3 is 10.6 Å². The molecule has 6 heteroatoms. The molecule has 2 rings (SSSR count). The first-order chi connectivity index (χ1) is 12.0. The van der Waals surface area contributed by atoms with Gasteiger partial charge in [0.2, 0.25) is 0 Å². The Morgan fingerprint density at radius 1 is 1.19 bits per heavy atom. The highest BCUT2D eigenvalue weighted by Crippen LogP contribution is 2.18. The largest absolute Gasteiger partial charge is 0.353 e. The van der Waals surface area contributed by atoms with Crippen LogP contribution in [0, 0.1) is 17.1 Å². The average molecular weight is 466 g/mol. The van der Waals surface area contributed by atoms with E-state index in [1.54, 1.807) is 13.1 Å². The van der Waals surface area contributed by atoms with Gasteiger partial charge in [-0.3, -0.25) is 4.99 Å². The second kappa shape index (κ2) is 10.8. The smallest absolute Gasteiger partial charge is 0.191 e. The topological polar surface area (TPSA) is 60.2 Å². The fourth-order valence-electron chi connectivity index (χ4n) is 2.54. The number of hydrogen-bond donors (Lipinski definition) is 2. The molecular formula is C20H24FIN4. The first-order valence-corrected chi connectivity index (χ1v) is 8.25. The molecule has 0 spiro atoms. The van der Waals surface area contributed by atoms with Crippen molar-refractivity contribution in [2.75, 3.05) is 7.05 Å². The maximum absolute atomic E-state index is 13.9. The lowest BCUT2D eigenvalue weighted by Crippen LogP contribution is -2.43. The quantitative estimate of drug-likeness (QED) is 0.395. The molecule has 0 amide bonds. The van der Waals surface area contributed by atoms with E-state index in [9.17, 15) is 4.39 Å². The second-order valence-electron chi connectivity index (χ2n) is 5.98. The summed E-state index contributed by atoms with van der Waals surface area (Å²) in [5.74, 6) is 0.545. The van der Waals surface area contributed by atoms with Crippen LogP contribution in [0.2, 0.25) is 0 Å². The molecule has 0 aliphatic rings. The van der Waals surface area contributed by atoms with Gasteiger partial charge in [0.05, 0.1) is 11.6 Å². The second-order valence-corrected chi connectivity index (χ2v) is 5.98. The maximum atomic E-state index is 13.9. The van der Waals surface area contributed by atoms with Gasteiger partial charge in [-0.05, 0) is 30.7 Å². The number of benzene rings is 2. The van der Waals surface area contributed by atoms with E-state index in [0.717, 1.165) is 0 Å². The summed E-state index contributed by atoms with van der Waals surface area (Å²) >= 11 is 0. The molecule has 0 aliphatic carbocycles. The first-order valence-electron chi connectivity index (χ1n) is 8.25. The van der Waals surface area contributed by atoms with Gasteiger partial charge in [-0.2, -0.15) is 5.26 Å². The zero-order valence-corrected chi connectivity index (χ0v) is 17.5. The molecule has 0 aromatic heterocycles. The molecule has 26 heavy (non-hydrogen) atoms. The molecule has 0 heterocycles. The summed E-state index contributed by atoms with van der Waals surface area (Å²) in [5.41, 5.74) is 2.11. The van der Waals surface area contributed by atoms with E-state index in [1.165, 1.54) is 17.7 Å². The monoisotopic (exact) mass is 466 g/mol. The summed E-state index contributed by atoms with van der Waals surface area (Å²) in [6.07, 6.45) is 0. The van der Waals surface area contributed by atoms with Crippen molar-refractivity contribution in [2.24, 2.45) is 4.99 Å². The molecule has 0 radical (unpaired) electrons. The third-order valence-electron chi connectivity index (χ3n) is 4.28. The van der Waals surface area contributed by atoms with E-state index >= 15 is 0 Å². The fourth-order valence-corrected chi connectivity index (χ4v) is 2.54. The van der Waals surface area contributed by atoms with E-state index in [0.29, 0.717) is 23.0 Å². The van der Waals surface area contributed by atoms with Gasteiger partial charge in [-0.15, -0.1) is 24.0 Å². The number of guanidine groups is 1. The molecule has 0 bridgehead atoms. The van der Waals surface area contributed by atoms with Crippen LogP contribution in [-0.4, -0.2) is 19.0 Å². The minimum absolute atomic E-state index is 0. The molecule has 0 saturated carbocycles. The SMILES string of the molecule is CN=C(NCc1cc(C#N)ccc1F)NC(C)C(C)c1ccccc1.I. The lowest BCUT2D eigenvalue weighted by molar-refractivity contribution is 0.548. The predicted molar refractivity (Wildman–Crippen MR) is 114 cm³/mol. The predicted octanol–water partition coefficient (Wildman–Crippen LogP) is 4.17. The van der Waals surface area contributed by atoms with E-state index < -0.39 is 0 Å².